The summed E-state index contributed by atoms with van der Waals surface area (Å²) in [5, 5.41) is 22.2. The average molecular weight is 300 g/mol. The standard InChI is InChI=1S/C18H22O4/c1-12(17(19)20)16(18(21)22)11-14-9-5-6-10-15(14)13-7-3-2-4-8-13/h5-6,9-10,13H,2-4,7-8,11H2,1H3,(H,19,20)(H,21,22)/p-2/b16-12+. The SMILES string of the molecule is C/C(C(=O)[O-])=C(/Cc1ccccc1C1CCCCC1)C(=O)[O-]. The van der Waals surface area contributed by atoms with Crippen LogP contribution < -0.4 is 10.2 Å². The van der Waals surface area contributed by atoms with E-state index in [0.29, 0.717) is 5.92 Å². The quantitative estimate of drug-likeness (QED) is 0.762. The Balaban J connectivity index is 2.34. The van der Waals surface area contributed by atoms with Crippen LogP contribution in [0.15, 0.2) is 35.4 Å². The molecule has 22 heavy (non-hydrogen) atoms. The van der Waals surface area contributed by atoms with E-state index in [1.807, 2.05) is 24.3 Å². The van der Waals surface area contributed by atoms with Crippen molar-refractivity contribution in [2.24, 2.45) is 0 Å². The Morgan fingerprint density at radius 2 is 1.68 bits per heavy atom. The molecule has 2 rings (SSSR count). The van der Waals surface area contributed by atoms with Gasteiger partial charge in [-0.25, -0.2) is 0 Å². The Kier molecular flexibility index (Phi) is 5.36. The Hall–Kier alpha value is -2.10. The highest BCUT2D eigenvalue weighted by molar-refractivity contribution is 5.97. The van der Waals surface area contributed by atoms with Gasteiger partial charge in [-0.2, -0.15) is 0 Å². The molecule has 1 saturated carbocycles. The van der Waals surface area contributed by atoms with Gasteiger partial charge in [-0.15, -0.1) is 0 Å². The van der Waals surface area contributed by atoms with E-state index < -0.39 is 11.9 Å². The zero-order chi connectivity index (χ0) is 16.1. The number of hydrogen-bond donors (Lipinski definition) is 0. The van der Waals surface area contributed by atoms with Crippen molar-refractivity contribution in [2.45, 2.75) is 51.4 Å². The first-order valence-electron chi connectivity index (χ1n) is 7.71. The molecule has 0 heterocycles. The minimum atomic E-state index is -1.46. The lowest BCUT2D eigenvalue weighted by Crippen LogP contribution is -2.32. The van der Waals surface area contributed by atoms with Crippen LogP contribution in [0.4, 0.5) is 0 Å². The van der Waals surface area contributed by atoms with E-state index in [0.717, 1.165) is 24.0 Å². The molecule has 0 saturated heterocycles. The molecule has 0 spiro atoms. The molecule has 118 valence electrons. The highest BCUT2D eigenvalue weighted by atomic mass is 16.4. The van der Waals surface area contributed by atoms with Gasteiger partial charge in [-0.3, -0.25) is 0 Å². The maximum atomic E-state index is 11.3. The Morgan fingerprint density at radius 1 is 1.05 bits per heavy atom. The fraction of sp³-hybridized carbons (Fsp3) is 0.444. The summed E-state index contributed by atoms with van der Waals surface area (Å²) in [5.41, 5.74) is 1.53. The number of carboxylic acids is 2. The lowest BCUT2D eigenvalue weighted by atomic mass is 9.81. The van der Waals surface area contributed by atoms with Gasteiger partial charge in [-0.05, 0) is 54.4 Å². The third-order valence-corrected chi connectivity index (χ3v) is 4.47. The maximum Gasteiger partial charge on any atom is 0.0681 e. The van der Waals surface area contributed by atoms with Gasteiger partial charge in [0.15, 0.2) is 0 Å². The summed E-state index contributed by atoms with van der Waals surface area (Å²) >= 11 is 0. The third-order valence-electron chi connectivity index (χ3n) is 4.47. The van der Waals surface area contributed by atoms with Gasteiger partial charge >= 0.3 is 0 Å². The van der Waals surface area contributed by atoms with Gasteiger partial charge in [-0.1, -0.05) is 43.5 Å². The van der Waals surface area contributed by atoms with Crippen LogP contribution >= 0.6 is 0 Å². The van der Waals surface area contributed by atoms with Crippen LogP contribution in [-0.4, -0.2) is 11.9 Å². The minimum absolute atomic E-state index is 0.0643. The second kappa shape index (κ2) is 7.25. The van der Waals surface area contributed by atoms with E-state index >= 15 is 0 Å². The summed E-state index contributed by atoms with van der Waals surface area (Å²) in [6.45, 7) is 1.25. The van der Waals surface area contributed by atoms with Gasteiger partial charge in [0, 0.05) is 0 Å². The Morgan fingerprint density at radius 3 is 2.27 bits per heavy atom. The van der Waals surface area contributed by atoms with E-state index in [-0.39, 0.29) is 17.6 Å². The largest absolute Gasteiger partial charge is 0.545 e. The number of carbonyl (C=O) groups excluding carboxylic acids is 2. The van der Waals surface area contributed by atoms with Crippen molar-refractivity contribution in [1.82, 2.24) is 0 Å². The number of carboxylic acid groups (broad SMARTS) is 2. The molecule has 1 fully saturated rings. The minimum Gasteiger partial charge on any atom is -0.545 e. The third kappa shape index (κ3) is 3.75. The summed E-state index contributed by atoms with van der Waals surface area (Å²) in [6.07, 6.45) is 5.86. The highest BCUT2D eigenvalue weighted by Crippen LogP contribution is 2.35. The monoisotopic (exact) mass is 300 g/mol. The van der Waals surface area contributed by atoms with Crippen LogP contribution in [0.5, 0.6) is 0 Å². The molecule has 1 aromatic rings. The van der Waals surface area contributed by atoms with Gasteiger partial charge < -0.3 is 19.8 Å². The molecule has 0 bridgehead atoms. The molecule has 4 heteroatoms. The fourth-order valence-corrected chi connectivity index (χ4v) is 3.18. The van der Waals surface area contributed by atoms with E-state index in [1.54, 1.807) is 0 Å². The molecular formula is C18H20O4-2. The number of benzene rings is 1. The van der Waals surface area contributed by atoms with Crippen molar-refractivity contribution in [1.29, 1.82) is 0 Å². The number of hydrogen-bond acceptors (Lipinski definition) is 4. The first-order valence-corrected chi connectivity index (χ1v) is 7.71. The Labute approximate surface area is 130 Å². The van der Waals surface area contributed by atoms with Gasteiger partial charge in [0.25, 0.3) is 0 Å². The zero-order valence-corrected chi connectivity index (χ0v) is 12.8. The Bertz CT molecular complexity index is 595. The van der Waals surface area contributed by atoms with Crippen molar-refractivity contribution in [3.8, 4) is 0 Å². The molecule has 0 aromatic heterocycles. The van der Waals surface area contributed by atoms with Crippen LogP contribution in [-0.2, 0) is 16.0 Å². The van der Waals surface area contributed by atoms with Gasteiger partial charge in [0.1, 0.15) is 0 Å². The summed E-state index contributed by atoms with van der Waals surface area (Å²) < 4.78 is 0. The smallest absolute Gasteiger partial charge is 0.0681 e. The topological polar surface area (TPSA) is 80.3 Å². The molecule has 0 aliphatic heterocycles. The molecule has 0 atom stereocenters. The average Bonchev–Trinajstić information content (AvgIpc) is 2.52. The zero-order valence-electron chi connectivity index (χ0n) is 12.8. The number of carbonyl (C=O) groups is 2. The second-order valence-corrected chi connectivity index (χ2v) is 5.89. The molecule has 0 radical (unpaired) electrons. The van der Waals surface area contributed by atoms with Crippen LogP contribution in [0, 0.1) is 0 Å². The molecule has 0 amide bonds. The number of rotatable bonds is 5. The number of aliphatic carboxylic acids is 2. The van der Waals surface area contributed by atoms with E-state index in [9.17, 15) is 19.8 Å². The van der Waals surface area contributed by atoms with Crippen molar-refractivity contribution >= 4 is 11.9 Å². The van der Waals surface area contributed by atoms with E-state index in [4.69, 9.17) is 0 Å². The summed E-state index contributed by atoms with van der Waals surface area (Å²) in [5.74, 6) is -2.48. The van der Waals surface area contributed by atoms with Crippen molar-refractivity contribution in [3.05, 3.63) is 46.5 Å². The van der Waals surface area contributed by atoms with E-state index in [2.05, 4.69) is 0 Å². The molecule has 1 aliphatic rings. The van der Waals surface area contributed by atoms with Crippen molar-refractivity contribution < 1.29 is 19.8 Å². The predicted octanol–water partition coefficient (Wildman–Crippen LogP) is 1.09. The summed E-state index contributed by atoms with van der Waals surface area (Å²) in [6, 6.07) is 7.69. The van der Waals surface area contributed by atoms with Gasteiger partial charge in [0.2, 0.25) is 0 Å². The van der Waals surface area contributed by atoms with Crippen LogP contribution in [0.3, 0.4) is 0 Å². The fourth-order valence-electron chi connectivity index (χ4n) is 3.18. The molecule has 4 nitrogen and oxygen atoms in total. The molecule has 1 aromatic carbocycles. The predicted molar refractivity (Wildman–Crippen MR) is 78.7 cm³/mol. The van der Waals surface area contributed by atoms with Gasteiger partial charge in [0.05, 0.1) is 11.9 Å². The molecule has 1 aliphatic carbocycles. The maximum absolute atomic E-state index is 11.3. The second-order valence-electron chi connectivity index (χ2n) is 5.89. The lowest BCUT2D eigenvalue weighted by molar-refractivity contribution is -0.304. The van der Waals surface area contributed by atoms with Crippen LogP contribution in [0.25, 0.3) is 0 Å². The summed E-state index contributed by atoms with van der Waals surface area (Å²) in [4.78, 5) is 22.2. The summed E-state index contributed by atoms with van der Waals surface area (Å²) in [7, 11) is 0. The highest BCUT2D eigenvalue weighted by Gasteiger charge is 2.19. The molecular weight excluding hydrogens is 280 g/mol. The molecule has 0 unspecified atom stereocenters. The molecule has 0 N–H and O–H groups in total. The lowest BCUT2D eigenvalue weighted by Gasteiger charge is -2.25. The normalized spacial score (nSPS) is 17.0. The van der Waals surface area contributed by atoms with Crippen molar-refractivity contribution in [2.75, 3.05) is 0 Å². The van der Waals surface area contributed by atoms with Crippen molar-refractivity contribution in [3.63, 3.8) is 0 Å². The first-order chi connectivity index (χ1) is 10.5. The van der Waals surface area contributed by atoms with Crippen LogP contribution in [0.1, 0.15) is 56.1 Å². The van der Waals surface area contributed by atoms with E-state index in [1.165, 1.54) is 26.2 Å². The first kappa shape index (κ1) is 16.3. The van der Waals surface area contributed by atoms with Crippen LogP contribution in [0.2, 0.25) is 0 Å².